The SMILES string of the molecule is C[Si](C)(C)Oc1ccc(C(=O)O)cc1C(=O)O. The third kappa shape index (κ3) is 3.60. The van der Waals surface area contributed by atoms with Crippen LogP contribution in [0.15, 0.2) is 18.2 Å². The summed E-state index contributed by atoms with van der Waals surface area (Å²) in [4.78, 5) is 21.8. The summed E-state index contributed by atoms with van der Waals surface area (Å²) >= 11 is 0. The van der Waals surface area contributed by atoms with Crippen molar-refractivity contribution in [2.75, 3.05) is 0 Å². The van der Waals surface area contributed by atoms with Crippen LogP contribution in [0.5, 0.6) is 5.75 Å². The molecule has 0 unspecified atom stereocenters. The molecule has 1 aromatic rings. The van der Waals surface area contributed by atoms with Gasteiger partial charge in [-0.15, -0.1) is 0 Å². The molecule has 6 heteroatoms. The maximum atomic E-state index is 11.0. The van der Waals surface area contributed by atoms with Crippen LogP contribution in [-0.4, -0.2) is 30.5 Å². The minimum Gasteiger partial charge on any atom is -0.544 e. The van der Waals surface area contributed by atoms with Crippen LogP contribution < -0.4 is 4.43 Å². The van der Waals surface area contributed by atoms with Gasteiger partial charge in [-0.2, -0.15) is 0 Å². The lowest BCUT2D eigenvalue weighted by Crippen LogP contribution is -2.30. The second kappa shape index (κ2) is 4.58. The molecular formula is C11H14O5Si. The molecule has 0 aliphatic heterocycles. The molecule has 0 amide bonds. The second-order valence-corrected chi connectivity index (χ2v) is 8.96. The molecule has 0 aromatic heterocycles. The molecule has 0 aliphatic rings. The fraction of sp³-hybridized carbons (Fsp3) is 0.273. The summed E-state index contributed by atoms with van der Waals surface area (Å²) in [6.45, 7) is 5.76. The van der Waals surface area contributed by atoms with Crippen LogP contribution in [0.2, 0.25) is 19.6 Å². The van der Waals surface area contributed by atoms with Crippen molar-refractivity contribution >= 4 is 20.3 Å². The largest absolute Gasteiger partial charge is 0.544 e. The topological polar surface area (TPSA) is 83.8 Å². The van der Waals surface area contributed by atoms with E-state index in [1.807, 2.05) is 19.6 Å². The average Bonchev–Trinajstić information content (AvgIpc) is 2.14. The number of benzene rings is 1. The van der Waals surface area contributed by atoms with E-state index in [1.54, 1.807) is 0 Å². The number of hydrogen-bond donors (Lipinski definition) is 2. The van der Waals surface area contributed by atoms with E-state index in [2.05, 4.69) is 0 Å². The van der Waals surface area contributed by atoms with Gasteiger partial charge in [-0.1, -0.05) is 0 Å². The van der Waals surface area contributed by atoms with Gasteiger partial charge in [0.1, 0.15) is 11.3 Å². The zero-order chi connectivity index (χ0) is 13.2. The number of carbonyl (C=O) groups is 2. The van der Waals surface area contributed by atoms with Crippen molar-refractivity contribution in [3.63, 3.8) is 0 Å². The van der Waals surface area contributed by atoms with Gasteiger partial charge in [0.2, 0.25) is 8.32 Å². The van der Waals surface area contributed by atoms with Crippen LogP contribution in [0.3, 0.4) is 0 Å². The number of hydrogen-bond acceptors (Lipinski definition) is 3. The minimum atomic E-state index is -1.93. The highest BCUT2D eigenvalue weighted by molar-refractivity contribution is 6.70. The van der Waals surface area contributed by atoms with Crippen LogP contribution in [0.4, 0.5) is 0 Å². The first-order valence-electron chi connectivity index (χ1n) is 5.00. The maximum absolute atomic E-state index is 11.0. The molecule has 0 heterocycles. The fourth-order valence-corrected chi connectivity index (χ4v) is 2.09. The quantitative estimate of drug-likeness (QED) is 0.805. The maximum Gasteiger partial charge on any atom is 0.339 e. The lowest BCUT2D eigenvalue weighted by atomic mass is 10.1. The number of carboxylic acids is 2. The van der Waals surface area contributed by atoms with Gasteiger partial charge in [-0.05, 0) is 37.8 Å². The van der Waals surface area contributed by atoms with Gasteiger partial charge in [0.05, 0.1) is 5.56 Å². The highest BCUT2D eigenvalue weighted by Crippen LogP contribution is 2.23. The molecule has 2 N–H and O–H groups in total. The summed E-state index contributed by atoms with van der Waals surface area (Å²) in [5.41, 5.74) is -0.183. The lowest BCUT2D eigenvalue weighted by Gasteiger charge is -2.20. The van der Waals surface area contributed by atoms with Crippen molar-refractivity contribution in [3.05, 3.63) is 29.3 Å². The van der Waals surface area contributed by atoms with Crippen LogP contribution in [0, 0.1) is 0 Å². The van der Waals surface area contributed by atoms with E-state index in [4.69, 9.17) is 14.6 Å². The Labute approximate surface area is 99.8 Å². The van der Waals surface area contributed by atoms with Crippen molar-refractivity contribution in [2.45, 2.75) is 19.6 Å². The first-order valence-corrected chi connectivity index (χ1v) is 8.41. The van der Waals surface area contributed by atoms with Crippen molar-refractivity contribution < 1.29 is 24.2 Å². The summed E-state index contributed by atoms with van der Waals surface area (Å²) in [6.07, 6.45) is 0. The smallest absolute Gasteiger partial charge is 0.339 e. The molecule has 0 radical (unpaired) electrons. The van der Waals surface area contributed by atoms with E-state index < -0.39 is 20.3 Å². The monoisotopic (exact) mass is 254 g/mol. The molecule has 0 saturated heterocycles. The molecule has 0 saturated carbocycles. The van der Waals surface area contributed by atoms with E-state index in [1.165, 1.54) is 12.1 Å². The molecule has 0 aliphatic carbocycles. The van der Waals surface area contributed by atoms with Crippen molar-refractivity contribution in [3.8, 4) is 5.75 Å². The average molecular weight is 254 g/mol. The number of carboxylic acid groups (broad SMARTS) is 2. The van der Waals surface area contributed by atoms with E-state index in [-0.39, 0.29) is 16.9 Å². The Balaban J connectivity index is 3.23. The van der Waals surface area contributed by atoms with Gasteiger partial charge >= 0.3 is 11.9 Å². The van der Waals surface area contributed by atoms with E-state index >= 15 is 0 Å². The Morgan fingerprint density at radius 1 is 1.12 bits per heavy atom. The summed E-state index contributed by atoms with van der Waals surface area (Å²) in [5.74, 6) is -2.13. The molecule has 0 atom stereocenters. The molecule has 17 heavy (non-hydrogen) atoms. The van der Waals surface area contributed by atoms with E-state index in [0.29, 0.717) is 0 Å². The van der Waals surface area contributed by atoms with Gasteiger partial charge < -0.3 is 14.6 Å². The fourth-order valence-electron chi connectivity index (χ4n) is 1.25. The first-order chi connectivity index (χ1) is 7.70. The lowest BCUT2D eigenvalue weighted by molar-refractivity contribution is 0.0694. The minimum absolute atomic E-state index is 0.0645. The van der Waals surface area contributed by atoms with Crippen LogP contribution in [-0.2, 0) is 0 Å². The molecule has 0 bridgehead atoms. The Bertz CT molecular complexity index is 461. The van der Waals surface area contributed by atoms with Gasteiger partial charge in [-0.3, -0.25) is 0 Å². The second-order valence-electron chi connectivity index (χ2n) is 4.54. The highest BCUT2D eigenvalue weighted by atomic mass is 28.4. The van der Waals surface area contributed by atoms with Gasteiger partial charge in [-0.25, -0.2) is 9.59 Å². The highest BCUT2D eigenvalue weighted by Gasteiger charge is 2.21. The van der Waals surface area contributed by atoms with Crippen LogP contribution >= 0.6 is 0 Å². The summed E-state index contributed by atoms with van der Waals surface area (Å²) < 4.78 is 5.59. The number of aromatic carboxylic acids is 2. The molecule has 92 valence electrons. The Morgan fingerprint density at radius 3 is 2.12 bits per heavy atom. The molecular weight excluding hydrogens is 240 g/mol. The molecule has 1 aromatic carbocycles. The first kappa shape index (κ1) is 13.2. The molecule has 0 spiro atoms. The Hall–Kier alpha value is -1.82. The van der Waals surface area contributed by atoms with Gasteiger partial charge in [0.25, 0.3) is 0 Å². The van der Waals surface area contributed by atoms with Gasteiger partial charge in [0, 0.05) is 0 Å². The third-order valence-electron chi connectivity index (χ3n) is 1.87. The van der Waals surface area contributed by atoms with Crippen LogP contribution in [0.25, 0.3) is 0 Å². The summed E-state index contributed by atoms with van der Waals surface area (Å²) in [5, 5.41) is 17.8. The normalized spacial score (nSPS) is 11.0. The number of rotatable bonds is 4. The summed E-state index contributed by atoms with van der Waals surface area (Å²) in [6, 6.07) is 3.84. The standard InChI is InChI=1S/C11H14O5Si/c1-17(2,3)16-9-5-4-7(10(12)13)6-8(9)11(14)15/h4-6H,1-3H3,(H,12,13)(H,14,15). The Kier molecular flexibility index (Phi) is 3.57. The van der Waals surface area contributed by atoms with Crippen molar-refractivity contribution in [2.24, 2.45) is 0 Å². The molecule has 1 rings (SSSR count). The molecule has 0 fully saturated rings. The zero-order valence-corrected chi connectivity index (χ0v) is 10.9. The summed E-state index contributed by atoms with van der Waals surface area (Å²) in [7, 11) is -1.93. The Morgan fingerprint density at radius 2 is 1.71 bits per heavy atom. The van der Waals surface area contributed by atoms with Crippen molar-refractivity contribution in [1.82, 2.24) is 0 Å². The predicted molar refractivity (Wildman–Crippen MR) is 64.3 cm³/mol. The molecule has 5 nitrogen and oxygen atoms in total. The van der Waals surface area contributed by atoms with E-state index in [0.717, 1.165) is 6.07 Å². The zero-order valence-electron chi connectivity index (χ0n) is 9.85. The third-order valence-corrected chi connectivity index (χ3v) is 2.71. The van der Waals surface area contributed by atoms with Crippen molar-refractivity contribution in [1.29, 1.82) is 0 Å². The van der Waals surface area contributed by atoms with E-state index in [9.17, 15) is 9.59 Å². The predicted octanol–water partition coefficient (Wildman–Crippen LogP) is 2.30. The van der Waals surface area contributed by atoms with Crippen LogP contribution in [0.1, 0.15) is 20.7 Å². The van der Waals surface area contributed by atoms with Gasteiger partial charge in [0.15, 0.2) is 0 Å².